The molecule has 4 nitrogen and oxygen atoms in total. The molecule has 0 saturated heterocycles. The normalized spacial score (nSPS) is 15.4. The van der Waals surface area contributed by atoms with E-state index in [0.717, 1.165) is 12.8 Å². The van der Waals surface area contributed by atoms with Crippen molar-refractivity contribution in [3.63, 3.8) is 0 Å². The number of halogens is 2. The third kappa shape index (κ3) is 5.50. The van der Waals surface area contributed by atoms with E-state index in [1.165, 1.54) is 19.3 Å². The number of carbonyl (C=O) groups excluding carboxylic acids is 2. The zero-order valence-corrected chi connectivity index (χ0v) is 13.8. The molecule has 0 bridgehead atoms. The summed E-state index contributed by atoms with van der Waals surface area (Å²) in [5.41, 5.74) is 0.405. The first-order valence-corrected chi connectivity index (χ1v) is 8.20. The van der Waals surface area contributed by atoms with Crippen molar-refractivity contribution in [1.29, 1.82) is 0 Å². The van der Waals surface area contributed by atoms with E-state index in [1.807, 2.05) is 0 Å². The summed E-state index contributed by atoms with van der Waals surface area (Å²) in [4.78, 5) is 23.5. The van der Waals surface area contributed by atoms with Crippen molar-refractivity contribution in [1.82, 2.24) is 0 Å². The number of carbonyl (C=O) groups is 2. The van der Waals surface area contributed by atoms with E-state index in [2.05, 4.69) is 5.32 Å². The molecule has 0 aromatic heterocycles. The van der Waals surface area contributed by atoms with Gasteiger partial charge in [0.05, 0.1) is 10.7 Å². The Morgan fingerprint density at radius 2 is 1.91 bits per heavy atom. The van der Waals surface area contributed by atoms with Crippen molar-refractivity contribution < 1.29 is 14.3 Å². The Hall–Kier alpha value is -1.26. The number of benzene rings is 1. The van der Waals surface area contributed by atoms with Crippen LogP contribution in [-0.4, -0.2) is 18.5 Å². The highest BCUT2D eigenvalue weighted by atomic mass is 35.5. The fourth-order valence-electron chi connectivity index (χ4n) is 2.61. The summed E-state index contributed by atoms with van der Waals surface area (Å²) in [6, 6.07) is 4.77. The first-order valence-electron chi connectivity index (χ1n) is 7.45. The molecule has 1 N–H and O–H groups in total. The quantitative estimate of drug-likeness (QED) is 0.803. The minimum absolute atomic E-state index is 0.311. The summed E-state index contributed by atoms with van der Waals surface area (Å²) in [5.74, 6) is -0.355. The second-order valence-electron chi connectivity index (χ2n) is 5.54. The number of amides is 1. The van der Waals surface area contributed by atoms with E-state index >= 15 is 0 Å². The highest BCUT2D eigenvalue weighted by molar-refractivity contribution is 6.35. The fourth-order valence-corrected chi connectivity index (χ4v) is 2.95. The number of esters is 1. The molecule has 0 atom stereocenters. The number of nitrogens with one attached hydrogen (secondary N) is 1. The van der Waals surface area contributed by atoms with Gasteiger partial charge in [-0.2, -0.15) is 0 Å². The van der Waals surface area contributed by atoms with E-state index in [4.69, 9.17) is 27.9 Å². The van der Waals surface area contributed by atoms with E-state index in [0.29, 0.717) is 28.1 Å². The molecule has 120 valence electrons. The highest BCUT2D eigenvalue weighted by Gasteiger charge is 2.18. The minimum Gasteiger partial charge on any atom is -0.456 e. The largest absolute Gasteiger partial charge is 0.456 e. The molecule has 22 heavy (non-hydrogen) atoms. The zero-order chi connectivity index (χ0) is 15.9. The molecule has 6 heteroatoms. The number of ether oxygens (including phenoxy) is 1. The molecule has 0 spiro atoms. The van der Waals surface area contributed by atoms with Gasteiger partial charge in [-0.15, -0.1) is 0 Å². The smallest absolute Gasteiger partial charge is 0.306 e. The van der Waals surface area contributed by atoms with Gasteiger partial charge < -0.3 is 10.1 Å². The molecule has 0 radical (unpaired) electrons. The first kappa shape index (κ1) is 17.1. The number of rotatable bonds is 5. The van der Waals surface area contributed by atoms with Crippen LogP contribution in [0, 0.1) is 5.92 Å². The highest BCUT2D eigenvalue weighted by Crippen LogP contribution is 2.27. The van der Waals surface area contributed by atoms with Crippen LogP contribution in [0.25, 0.3) is 0 Å². The SMILES string of the molecule is O=C(COC(=O)CC1CCCCC1)Nc1cc(Cl)ccc1Cl. The van der Waals surface area contributed by atoms with Gasteiger partial charge in [-0.25, -0.2) is 0 Å². The van der Waals surface area contributed by atoms with Crippen LogP contribution in [-0.2, 0) is 14.3 Å². The molecule has 0 aliphatic heterocycles. The summed E-state index contributed by atoms with van der Waals surface area (Å²) in [7, 11) is 0. The van der Waals surface area contributed by atoms with E-state index in [1.54, 1.807) is 18.2 Å². The molecular weight excluding hydrogens is 325 g/mol. The van der Waals surface area contributed by atoms with Gasteiger partial charge in [0, 0.05) is 11.4 Å². The zero-order valence-electron chi connectivity index (χ0n) is 12.2. The lowest BCUT2D eigenvalue weighted by Crippen LogP contribution is -2.22. The van der Waals surface area contributed by atoms with Crippen molar-refractivity contribution >= 4 is 40.8 Å². The van der Waals surface area contributed by atoms with Gasteiger partial charge >= 0.3 is 5.97 Å². The van der Waals surface area contributed by atoms with Crippen LogP contribution >= 0.6 is 23.2 Å². The lowest BCUT2D eigenvalue weighted by Gasteiger charge is -2.20. The maximum absolute atomic E-state index is 11.8. The first-order chi connectivity index (χ1) is 10.5. The standard InChI is InChI=1S/C16H19Cl2NO3/c17-12-6-7-13(18)14(9-12)19-15(20)10-22-16(21)8-11-4-2-1-3-5-11/h6-7,9,11H,1-5,8,10H2,(H,19,20). The van der Waals surface area contributed by atoms with E-state index < -0.39 is 5.91 Å². The van der Waals surface area contributed by atoms with Gasteiger partial charge in [-0.05, 0) is 37.0 Å². The van der Waals surface area contributed by atoms with Gasteiger partial charge in [-0.1, -0.05) is 42.5 Å². The second-order valence-corrected chi connectivity index (χ2v) is 6.38. The molecular formula is C16H19Cl2NO3. The maximum Gasteiger partial charge on any atom is 0.306 e. The third-order valence-electron chi connectivity index (χ3n) is 3.75. The fraction of sp³-hybridized carbons (Fsp3) is 0.500. The van der Waals surface area contributed by atoms with Crippen molar-refractivity contribution in [2.24, 2.45) is 5.92 Å². The molecule has 1 aromatic carbocycles. The Bertz CT molecular complexity index is 542. The number of anilines is 1. The van der Waals surface area contributed by atoms with Crippen molar-refractivity contribution in [2.75, 3.05) is 11.9 Å². The average molecular weight is 344 g/mol. The summed E-state index contributed by atoms with van der Waals surface area (Å²) in [6.07, 6.45) is 6.12. The summed E-state index contributed by atoms with van der Waals surface area (Å²) in [5, 5.41) is 3.42. The molecule has 2 rings (SSSR count). The topological polar surface area (TPSA) is 55.4 Å². The predicted octanol–water partition coefficient (Wildman–Crippen LogP) is 4.45. The second kappa shape index (κ2) is 8.39. The molecule has 1 aromatic rings. The third-order valence-corrected chi connectivity index (χ3v) is 4.31. The van der Waals surface area contributed by atoms with Gasteiger partial charge in [0.2, 0.25) is 0 Å². The summed E-state index contributed by atoms with van der Waals surface area (Å²) >= 11 is 11.8. The number of hydrogen-bond donors (Lipinski definition) is 1. The summed E-state index contributed by atoms with van der Waals surface area (Å²) < 4.78 is 5.02. The molecule has 1 aliphatic carbocycles. The van der Waals surface area contributed by atoms with Crippen LogP contribution in [0.5, 0.6) is 0 Å². The van der Waals surface area contributed by atoms with Crippen LogP contribution < -0.4 is 5.32 Å². The van der Waals surface area contributed by atoms with Crippen LogP contribution in [0.4, 0.5) is 5.69 Å². The molecule has 1 aliphatic rings. The molecule has 1 saturated carbocycles. The van der Waals surface area contributed by atoms with Gasteiger partial charge in [-0.3, -0.25) is 9.59 Å². The molecule has 0 unspecified atom stereocenters. The average Bonchev–Trinajstić information content (AvgIpc) is 2.50. The van der Waals surface area contributed by atoms with Crippen molar-refractivity contribution in [2.45, 2.75) is 38.5 Å². The predicted molar refractivity (Wildman–Crippen MR) is 87.2 cm³/mol. The Labute approximate surface area is 140 Å². The lowest BCUT2D eigenvalue weighted by atomic mass is 9.87. The Kier molecular flexibility index (Phi) is 6.52. The summed E-state index contributed by atoms with van der Waals surface area (Å²) in [6.45, 7) is -0.311. The Balaban J connectivity index is 1.75. The van der Waals surface area contributed by atoms with Crippen LogP contribution in [0.1, 0.15) is 38.5 Å². The van der Waals surface area contributed by atoms with Gasteiger partial charge in [0.25, 0.3) is 5.91 Å². The molecule has 1 fully saturated rings. The van der Waals surface area contributed by atoms with Gasteiger partial charge in [0.1, 0.15) is 0 Å². The maximum atomic E-state index is 11.8. The van der Waals surface area contributed by atoms with Crippen molar-refractivity contribution in [3.05, 3.63) is 28.2 Å². The van der Waals surface area contributed by atoms with E-state index in [9.17, 15) is 9.59 Å². The lowest BCUT2D eigenvalue weighted by molar-refractivity contribution is -0.148. The number of hydrogen-bond acceptors (Lipinski definition) is 3. The van der Waals surface area contributed by atoms with Crippen LogP contribution in [0.2, 0.25) is 10.0 Å². The Morgan fingerprint density at radius 3 is 2.64 bits per heavy atom. The Morgan fingerprint density at radius 1 is 1.18 bits per heavy atom. The molecule has 0 heterocycles. The molecule has 1 amide bonds. The van der Waals surface area contributed by atoms with E-state index in [-0.39, 0.29) is 12.6 Å². The van der Waals surface area contributed by atoms with Crippen LogP contribution in [0.15, 0.2) is 18.2 Å². The van der Waals surface area contributed by atoms with Crippen molar-refractivity contribution in [3.8, 4) is 0 Å². The minimum atomic E-state index is -0.429. The monoisotopic (exact) mass is 343 g/mol. The van der Waals surface area contributed by atoms with Gasteiger partial charge in [0.15, 0.2) is 6.61 Å². The van der Waals surface area contributed by atoms with Crippen LogP contribution in [0.3, 0.4) is 0 Å².